The maximum atomic E-state index is 12.7. The van der Waals surface area contributed by atoms with Gasteiger partial charge < -0.3 is 15.1 Å². The van der Waals surface area contributed by atoms with Gasteiger partial charge in [0.2, 0.25) is 0 Å². The summed E-state index contributed by atoms with van der Waals surface area (Å²) in [6.45, 7) is 0.526. The smallest absolute Gasteiger partial charge is 0.195 e. The Morgan fingerprint density at radius 2 is 1.64 bits per heavy atom. The van der Waals surface area contributed by atoms with Crippen LogP contribution in [0.2, 0.25) is 5.02 Å². The van der Waals surface area contributed by atoms with E-state index in [0.29, 0.717) is 34.9 Å². The SMILES string of the molecule is O=C(c1ccccc1)c1cc(Cl)ccc1N(CCO)CCO. The summed E-state index contributed by atoms with van der Waals surface area (Å²) in [7, 11) is 0. The largest absolute Gasteiger partial charge is 0.395 e. The summed E-state index contributed by atoms with van der Waals surface area (Å²) in [6, 6.07) is 14.0. The Balaban J connectivity index is 2.45. The molecule has 0 aromatic heterocycles. The molecule has 0 aliphatic carbocycles. The predicted octanol–water partition coefficient (Wildman–Crippen LogP) is 2.36. The standard InChI is InChI=1S/C17H18ClNO3/c18-14-6-7-16(19(8-10-20)9-11-21)15(12-14)17(22)13-4-2-1-3-5-13/h1-7,12,20-21H,8-11H2. The number of carbonyl (C=O) groups excluding carboxylic acids is 1. The van der Waals surface area contributed by atoms with E-state index in [0.717, 1.165) is 0 Å². The average Bonchev–Trinajstić information content (AvgIpc) is 2.55. The second kappa shape index (κ2) is 7.94. The number of hydrogen-bond donors (Lipinski definition) is 2. The number of nitrogens with zero attached hydrogens (tertiary/aromatic N) is 1. The lowest BCUT2D eigenvalue weighted by molar-refractivity contribution is 0.103. The monoisotopic (exact) mass is 319 g/mol. The van der Waals surface area contributed by atoms with Crippen molar-refractivity contribution in [3.63, 3.8) is 0 Å². The number of carbonyl (C=O) groups is 1. The van der Waals surface area contributed by atoms with E-state index in [2.05, 4.69) is 0 Å². The van der Waals surface area contributed by atoms with Crippen molar-refractivity contribution in [3.8, 4) is 0 Å². The molecule has 0 saturated carbocycles. The van der Waals surface area contributed by atoms with E-state index < -0.39 is 0 Å². The van der Waals surface area contributed by atoms with E-state index in [1.165, 1.54) is 0 Å². The molecule has 0 heterocycles. The van der Waals surface area contributed by atoms with E-state index >= 15 is 0 Å². The van der Waals surface area contributed by atoms with E-state index in [1.54, 1.807) is 47.4 Å². The predicted molar refractivity (Wildman–Crippen MR) is 87.7 cm³/mol. The molecule has 0 saturated heterocycles. The van der Waals surface area contributed by atoms with Crippen molar-refractivity contribution in [1.29, 1.82) is 0 Å². The van der Waals surface area contributed by atoms with Crippen LogP contribution in [-0.2, 0) is 0 Å². The first kappa shape index (κ1) is 16.5. The first-order chi connectivity index (χ1) is 10.7. The Kier molecular flexibility index (Phi) is 5.95. The number of ketones is 1. The zero-order valence-electron chi connectivity index (χ0n) is 12.1. The van der Waals surface area contributed by atoms with E-state index in [9.17, 15) is 15.0 Å². The van der Waals surface area contributed by atoms with Crippen LogP contribution in [0.5, 0.6) is 0 Å². The van der Waals surface area contributed by atoms with Crippen molar-refractivity contribution in [2.45, 2.75) is 0 Å². The number of aliphatic hydroxyl groups excluding tert-OH is 2. The summed E-state index contributed by atoms with van der Waals surface area (Å²) in [5.41, 5.74) is 1.68. The Bertz CT molecular complexity index is 625. The maximum absolute atomic E-state index is 12.7. The Morgan fingerprint density at radius 3 is 2.23 bits per heavy atom. The maximum Gasteiger partial charge on any atom is 0.195 e. The van der Waals surface area contributed by atoms with Crippen LogP contribution in [-0.4, -0.2) is 42.3 Å². The van der Waals surface area contributed by atoms with Gasteiger partial charge in [0.1, 0.15) is 0 Å². The van der Waals surface area contributed by atoms with E-state index in [1.807, 2.05) is 6.07 Å². The van der Waals surface area contributed by atoms with Crippen LogP contribution in [0.15, 0.2) is 48.5 Å². The highest BCUT2D eigenvalue weighted by Crippen LogP contribution is 2.26. The summed E-state index contributed by atoms with van der Waals surface area (Å²) in [5, 5.41) is 18.9. The van der Waals surface area contributed by atoms with Crippen LogP contribution >= 0.6 is 11.6 Å². The molecular formula is C17H18ClNO3. The minimum atomic E-state index is -0.140. The van der Waals surface area contributed by atoms with Gasteiger partial charge in [-0.15, -0.1) is 0 Å². The molecule has 2 rings (SSSR count). The molecule has 5 heteroatoms. The molecule has 0 atom stereocenters. The molecule has 22 heavy (non-hydrogen) atoms. The molecular weight excluding hydrogens is 302 g/mol. The summed E-state index contributed by atoms with van der Waals surface area (Å²) >= 11 is 6.04. The van der Waals surface area contributed by atoms with Crippen molar-refractivity contribution in [2.24, 2.45) is 0 Å². The lowest BCUT2D eigenvalue weighted by Gasteiger charge is -2.25. The Hall–Kier alpha value is -1.88. The van der Waals surface area contributed by atoms with Gasteiger partial charge in [-0.25, -0.2) is 0 Å². The first-order valence-corrected chi connectivity index (χ1v) is 7.41. The molecule has 0 radical (unpaired) electrons. The highest BCUT2D eigenvalue weighted by molar-refractivity contribution is 6.31. The molecule has 2 N–H and O–H groups in total. The van der Waals surface area contributed by atoms with Crippen LogP contribution in [0, 0.1) is 0 Å². The fraction of sp³-hybridized carbons (Fsp3) is 0.235. The van der Waals surface area contributed by atoms with Gasteiger partial charge >= 0.3 is 0 Å². The first-order valence-electron chi connectivity index (χ1n) is 7.03. The minimum absolute atomic E-state index is 0.0679. The summed E-state index contributed by atoms with van der Waals surface area (Å²) in [4.78, 5) is 14.5. The highest BCUT2D eigenvalue weighted by atomic mass is 35.5. The molecule has 0 unspecified atom stereocenters. The molecule has 0 aliphatic heterocycles. The highest BCUT2D eigenvalue weighted by Gasteiger charge is 2.18. The molecule has 0 spiro atoms. The number of rotatable bonds is 7. The Labute approximate surface area is 134 Å². The lowest BCUT2D eigenvalue weighted by Crippen LogP contribution is -2.31. The van der Waals surface area contributed by atoms with Crippen molar-refractivity contribution >= 4 is 23.1 Å². The second-order valence-corrected chi connectivity index (χ2v) is 5.23. The number of hydrogen-bond acceptors (Lipinski definition) is 4. The topological polar surface area (TPSA) is 60.8 Å². The van der Waals surface area contributed by atoms with Gasteiger partial charge in [0.05, 0.1) is 13.2 Å². The van der Waals surface area contributed by atoms with Crippen molar-refractivity contribution < 1.29 is 15.0 Å². The molecule has 0 bridgehead atoms. The van der Waals surface area contributed by atoms with Gasteiger partial charge in [-0.1, -0.05) is 41.9 Å². The van der Waals surface area contributed by atoms with Gasteiger partial charge in [-0.2, -0.15) is 0 Å². The van der Waals surface area contributed by atoms with Crippen LogP contribution in [0.1, 0.15) is 15.9 Å². The molecule has 116 valence electrons. The van der Waals surface area contributed by atoms with Gasteiger partial charge in [0.15, 0.2) is 5.78 Å². The molecule has 0 fully saturated rings. The third-order valence-corrected chi connectivity index (χ3v) is 3.55. The minimum Gasteiger partial charge on any atom is -0.395 e. The second-order valence-electron chi connectivity index (χ2n) is 4.79. The quantitative estimate of drug-likeness (QED) is 0.769. The van der Waals surface area contributed by atoms with Crippen LogP contribution < -0.4 is 4.90 Å². The molecule has 0 amide bonds. The normalized spacial score (nSPS) is 10.5. The molecule has 0 aliphatic rings. The third kappa shape index (κ3) is 3.85. The number of anilines is 1. The van der Waals surface area contributed by atoms with Gasteiger partial charge in [-0.05, 0) is 18.2 Å². The van der Waals surface area contributed by atoms with Gasteiger partial charge in [-0.3, -0.25) is 4.79 Å². The van der Waals surface area contributed by atoms with E-state index in [4.69, 9.17) is 11.6 Å². The van der Waals surface area contributed by atoms with Gasteiger partial charge in [0, 0.05) is 34.9 Å². The van der Waals surface area contributed by atoms with Crippen molar-refractivity contribution in [1.82, 2.24) is 0 Å². The van der Waals surface area contributed by atoms with Crippen LogP contribution in [0.4, 0.5) is 5.69 Å². The fourth-order valence-corrected chi connectivity index (χ4v) is 2.48. The zero-order valence-corrected chi connectivity index (χ0v) is 12.8. The lowest BCUT2D eigenvalue weighted by atomic mass is 10.0. The zero-order chi connectivity index (χ0) is 15.9. The molecule has 2 aromatic rings. The summed E-state index contributed by atoms with van der Waals surface area (Å²) in [6.07, 6.45) is 0. The number of benzene rings is 2. The van der Waals surface area contributed by atoms with E-state index in [-0.39, 0.29) is 19.0 Å². The third-order valence-electron chi connectivity index (χ3n) is 3.32. The van der Waals surface area contributed by atoms with Gasteiger partial charge in [0.25, 0.3) is 0 Å². The van der Waals surface area contributed by atoms with Crippen molar-refractivity contribution in [3.05, 3.63) is 64.7 Å². The van der Waals surface area contributed by atoms with Crippen LogP contribution in [0.25, 0.3) is 0 Å². The summed E-state index contributed by atoms with van der Waals surface area (Å²) < 4.78 is 0. The number of aliphatic hydroxyl groups is 2. The summed E-state index contributed by atoms with van der Waals surface area (Å²) in [5.74, 6) is -0.140. The molecule has 4 nitrogen and oxygen atoms in total. The van der Waals surface area contributed by atoms with Crippen LogP contribution in [0.3, 0.4) is 0 Å². The van der Waals surface area contributed by atoms with Crippen molar-refractivity contribution in [2.75, 3.05) is 31.2 Å². The number of halogens is 1. The average molecular weight is 320 g/mol. The Morgan fingerprint density at radius 1 is 1.00 bits per heavy atom. The fourth-order valence-electron chi connectivity index (χ4n) is 2.31. The molecule has 2 aromatic carbocycles.